The van der Waals surface area contributed by atoms with Crippen LogP contribution in [0.2, 0.25) is 0 Å². The average molecular weight is 280 g/mol. The minimum atomic E-state index is -1.27. The molecule has 0 radical (unpaired) electrons. The molecule has 1 fully saturated rings. The minimum Gasteiger partial charge on any atom is -0.478 e. The highest BCUT2D eigenvalue weighted by Crippen LogP contribution is 2.22. The van der Waals surface area contributed by atoms with Gasteiger partial charge in [0.1, 0.15) is 5.82 Å². The lowest BCUT2D eigenvalue weighted by atomic mass is 9.92. The highest BCUT2D eigenvalue weighted by Gasteiger charge is 2.28. The molecule has 0 aromatic heterocycles. The SMILES string of the molecule is CC1CCCNC1C(=O)Nc1c(F)cccc1C(=O)O. The van der Waals surface area contributed by atoms with Gasteiger partial charge in [-0.1, -0.05) is 13.0 Å². The van der Waals surface area contributed by atoms with Crippen molar-refractivity contribution in [3.63, 3.8) is 0 Å². The second kappa shape index (κ2) is 6.00. The summed E-state index contributed by atoms with van der Waals surface area (Å²) in [7, 11) is 0. The summed E-state index contributed by atoms with van der Waals surface area (Å²) in [5.41, 5.74) is -0.522. The number of para-hydroxylation sites is 1. The van der Waals surface area contributed by atoms with Crippen molar-refractivity contribution in [1.29, 1.82) is 0 Å². The molecule has 2 rings (SSSR count). The molecule has 1 aromatic carbocycles. The van der Waals surface area contributed by atoms with Crippen molar-refractivity contribution in [2.45, 2.75) is 25.8 Å². The van der Waals surface area contributed by atoms with Crippen LogP contribution in [0.25, 0.3) is 0 Å². The smallest absolute Gasteiger partial charge is 0.337 e. The van der Waals surface area contributed by atoms with E-state index >= 15 is 0 Å². The summed E-state index contributed by atoms with van der Waals surface area (Å²) in [4.78, 5) is 23.2. The van der Waals surface area contributed by atoms with E-state index in [1.807, 2.05) is 6.92 Å². The van der Waals surface area contributed by atoms with E-state index in [-0.39, 0.29) is 17.2 Å². The van der Waals surface area contributed by atoms with Gasteiger partial charge in [0.25, 0.3) is 0 Å². The molecule has 20 heavy (non-hydrogen) atoms. The van der Waals surface area contributed by atoms with Crippen LogP contribution < -0.4 is 10.6 Å². The van der Waals surface area contributed by atoms with Gasteiger partial charge in [0, 0.05) is 0 Å². The van der Waals surface area contributed by atoms with E-state index in [0.717, 1.165) is 25.5 Å². The van der Waals surface area contributed by atoms with Crippen LogP contribution in [0.1, 0.15) is 30.1 Å². The lowest BCUT2D eigenvalue weighted by Gasteiger charge is -2.29. The van der Waals surface area contributed by atoms with Crippen molar-refractivity contribution in [3.8, 4) is 0 Å². The maximum atomic E-state index is 13.7. The Morgan fingerprint density at radius 2 is 2.20 bits per heavy atom. The molecule has 1 aliphatic rings. The first-order valence-electron chi connectivity index (χ1n) is 6.56. The Bertz CT molecular complexity index is 533. The number of carbonyl (C=O) groups is 2. The summed E-state index contributed by atoms with van der Waals surface area (Å²) < 4.78 is 13.7. The zero-order valence-corrected chi connectivity index (χ0v) is 11.1. The van der Waals surface area contributed by atoms with E-state index in [0.29, 0.717) is 0 Å². The molecule has 5 nitrogen and oxygen atoms in total. The number of rotatable bonds is 3. The molecule has 108 valence electrons. The molecule has 0 bridgehead atoms. The molecule has 2 atom stereocenters. The Kier molecular flexibility index (Phi) is 4.34. The zero-order chi connectivity index (χ0) is 14.7. The molecule has 1 amide bonds. The third kappa shape index (κ3) is 2.96. The van der Waals surface area contributed by atoms with Crippen molar-refractivity contribution < 1.29 is 19.1 Å². The third-order valence-corrected chi connectivity index (χ3v) is 3.54. The summed E-state index contributed by atoms with van der Waals surface area (Å²) in [6.45, 7) is 2.67. The van der Waals surface area contributed by atoms with Crippen LogP contribution in [0.15, 0.2) is 18.2 Å². The molecule has 0 aliphatic carbocycles. The molecular formula is C14H17FN2O3. The van der Waals surface area contributed by atoms with E-state index in [4.69, 9.17) is 5.11 Å². The largest absolute Gasteiger partial charge is 0.478 e. The first-order valence-corrected chi connectivity index (χ1v) is 6.56. The monoisotopic (exact) mass is 280 g/mol. The Morgan fingerprint density at radius 1 is 1.45 bits per heavy atom. The number of carboxylic acid groups (broad SMARTS) is 1. The predicted octanol–water partition coefficient (Wildman–Crippen LogP) is 1.85. The molecule has 1 aromatic rings. The second-order valence-corrected chi connectivity index (χ2v) is 5.01. The summed E-state index contributed by atoms with van der Waals surface area (Å²) in [5.74, 6) is -2.29. The molecule has 1 heterocycles. The number of carboxylic acids is 1. The Hall–Kier alpha value is -1.95. The lowest BCUT2D eigenvalue weighted by molar-refractivity contribution is -0.119. The lowest BCUT2D eigenvalue weighted by Crippen LogP contribution is -2.48. The van der Waals surface area contributed by atoms with E-state index in [1.54, 1.807) is 0 Å². The van der Waals surface area contributed by atoms with Gasteiger partial charge < -0.3 is 15.7 Å². The van der Waals surface area contributed by atoms with Crippen molar-refractivity contribution in [2.75, 3.05) is 11.9 Å². The molecule has 6 heteroatoms. The third-order valence-electron chi connectivity index (χ3n) is 3.54. The quantitative estimate of drug-likeness (QED) is 0.789. The molecular weight excluding hydrogens is 263 g/mol. The second-order valence-electron chi connectivity index (χ2n) is 5.01. The number of nitrogens with one attached hydrogen (secondary N) is 2. The van der Waals surface area contributed by atoms with Gasteiger partial charge in [0.15, 0.2) is 0 Å². The summed E-state index contributed by atoms with van der Waals surface area (Å²) in [6, 6.07) is 3.26. The van der Waals surface area contributed by atoms with Crippen molar-refractivity contribution in [1.82, 2.24) is 5.32 Å². The maximum Gasteiger partial charge on any atom is 0.337 e. The number of hydrogen-bond acceptors (Lipinski definition) is 3. The Labute approximate surface area is 116 Å². The van der Waals surface area contributed by atoms with Gasteiger partial charge in [-0.3, -0.25) is 4.79 Å². The van der Waals surface area contributed by atoms with Gasteiger partial charge in [0.2, 0.25) is 5.91 Å². The van der Waals surface area contributed by atoms with Crippen LogP contribution in [0.3, 0.4) is 0 Å². The predicted molar refractivity (Wildman–Crippen MR) is 72.2 cm³/mol. The van der Waals surface area contributed by atoms with Crippen molar-refractivity contribution >= 4 is 17.6 Å². The van der Waals surface area contributed by atoms with Gasteiger partial charge in [-0.25, -0.2) is 9.18 Å². The van der Waals surface area contributed by atoms with Crippen molar-refractivity contribution in [2.24, 2.45) is 5.92 Å². The van der Waals surface area contributed by atoms with Gasteiger partial charge >= 0.3 is 5.97 Å². The standard InChI is InChI=1S/C14H17FN2O3/c1-8-4-3-7-16-11(8)13(18)17-12-9(14(19)20)5-2-6-10(12)15/h2,5-6,8,11,16H,3-4,7H2,1H3,(H,17,18)(H,19,20). The maximum absolute atomic E-state index is 13.7. The highest BCUT2D eigenvalue weighted by atomic mass is 19.1. The Balaban J connectivity index is 2.21. The number of benzene rings is 1. The van der Waals surface area contributed by atoms with Crippen LogP contribution in [0.4, 0.5) is 10.1 Å². The fraction of sp³-hybridized carbons (Fsp3) is 0.429. The first kappa shape index (κ1) is 14.5. The normalized spacial score (nSPS) is 22.3. The molecule has 3 N–H and O–H groups in total. The molecule has 0 saturated carbocycles. The fourth-order valence-corrected chi connectivity index (χ4v) is 2.43. The summed E-state index contributed by atoms with van der Waals surface area (Å²) >= 11 is 0. The van der Waals surface area contributed by atoms with Crippen LogP contribution in [-0.4, -0.2) is 29.6 Å². The van der Waals surface area contributed by atoms with Crippen LogP contribution in [0, 0.1) is 11.7 Å². The number of piperidine rings is 1. The Morgan fingerprint density at radius 3 is 2.85 bits per heavy atom. The fourth-order valence-electron chi connectivity index (χ4n) is 2.43. The summed E-state index contributed by atoms with van der Waals surface area (Å²) in [6.07, 6.45) is 1.90. The van der Waals surface area contributed by atoms with Crippen LogP contribution >= 0.6 is 0 Å². The first-order chi connectivity index (χ1) is 9.50. The van der Waals surface area contributed by atoms with Crippen LogP contribution in [0.5, 0.6) is 0 Å². The molecule has 1 saturated heterocycles. The summed E-state index contributed by atoms with van der Waals surface area (Å²) in [5, 5.41) is 14.5. The zero-order valence-electron chi connectivity index (χ0n) is 11.1. The number of anilines is 1. The van der Waals surface area contributed by atoms with E-state index in [9.17, 15) is 14.0 Å². The highest BCUT2D eigenvalue weighted by molar-refractivity contribution is 6.02. The molecule has 1 aliphatic heterocycles. The van der Waals surface area contributed by atoms with E-state index in [2.05, 4.69) is 10.6 Å². The molecule has 2 unspecified atom stereocenters. The number of amides is 1. The van der Waals surface area contributed by atoms with Gasteiger partial charge in [0.05, 0.1) is 17.3 Å². The van der Waals surface area contributed by atoms with Crippen LogP contribution in [-0.2, 0) is 4.79 Å². The molecule has 0 spiro atoms. The number of halogens is 1. The van der Waals surface area contributed by atoms with E-state index in [1.165, 1.54) is 12.1 Å². The minimum absolute atomic E-state index is 0.129. The topological polar surface area (TPSA) is 78.4 Å². The number of carbonyl (C=O) groups excluding carboxylic acids is 1. The van der Waals surface area contributed by atoms with Gasteiger partial charge in [-0.2, -0.15) is 0 Å². The van der Waals surface area contributed by atoms with Gasteiger partial charge in [-0.15, -0.1) is 0 Å². The van der Waals surface area contributed by atoms with E-state index < -0.39 is 23.7 Å². The van der Waals surface area contributed by atoms with Gasteiger partial charge in [-0.05, 0) is 37.4 Å². The number of aromatic carboxylic acids is 1. The van der Waals surface area contributed by atoms with Crippen molar-refractivity contribution in [3.05, 3.63) is 29.6 Å². The number of hydrogen-bond donors (Lipinski definition) is 3. The average Bonchev–Trinajstić information content (AvgIpc) is 2.41.